The lowest BCUT2D eigenvalue weighted by Crippen LogP contribution is -2.66. The standard InChI is InChI=1S/C19H23N3O2/c1-3-4-10-21-12-16(23)22-11-9-14-13-7-5-6-8-15(13)20-17(14)19(22,2)18(21)24/h5-8,20H,3-4,9-12H2,1-2H3/t19-/m0/s1. The van der Waals surface area contributed by atoms with Gasteiger partial charge >= 0.3 is 0 Å². The van der Waals surface area contributed by atoms with Gasteiger partial charge in [0.05, 0.1) is 12.2 Å². The molecule has 5 nitrogen and oxygen atoms in total. The molecule has 3 heterocycles. The van der Waals surface area contributed by atoms with Crippen molar-refractivity contribution in [1.82, 2.24) is 14.8 Å². The van der Waals surface area contributed by atoms with Crippen molar-refractivity contribution < 1.29 is 9.59 Å². The number of hydrogen-bond donors (Lipinski definition) is 1. The number of rotatable bonds is 3. The molecule has 1 fully saturated rings. The van der Waals surface area contributed by atoms with E-state index in [4.69, 9.17) is 0 Å². The Morgan fingerprint density at radius 2 is 2.04 bits per heavy atom. The minimum absolute atomic E-state index is 0.0445. The van der Waals surface area contributed by atoms with Gasteiger partial charge in [-0.3, -0.25) is 9.59 Å². The van der Waals surface area contributed by atoms with E-state index in [1.165, 1.54) is 10.9 Å². The third-order valence-corrected chi connectivity index (χ3v) is 5.54. The molecule has 4 rings (SSSR count). The third kappa shape index (κ3) is 1.93. The number of aromatic nitrogens is 1. The first-order chi connectivity index (χ1) is 11.6. The monoisotopic (exact) mass is 325 g/mol. The van der Waals surface area contributed by atoms with Crippen LogP contribution in [0.3, 0.4) is 0 Å². The first kappa shape index (κ1) is 15.2. The smallest absolute Gasteiger partial charge is 0.254 e. The van der Waals surface area contributed by atoms with Gasteiger partial charge < -0.3 is 14.8 Å². The van der Waals surface area contributed by atoms with Crippen LogP contribution in [0.2, 0.25) is 0 Å². The van der Waals surface area contributed by atoms with Gasteiger partial charge in [0, 0.05) is 24.0 Å². The fraction of sp³-hybridized carbons (Fsp3) is 0.474. The van der Waals surface area contributed by atoms with Gasteiger partial charge in [-0.05, 0) is 31.4 Å². The summed E-state index contributed by atoms with van der Waals surface area (Å²) in [5.74, 6) is 0.0977. The molecular weight excluding hydrogens is 302 g/mol. The van der Waals surface area contributed by atoms with Gasteiger partial charge in [0.1, 0.15) is 0 Å². The van der Waals surface area contributed by atoms with Gasteiger partial charge in [-0.15, -0.1) is 0 Å². The summed E-state index contributed by atoms with van der Waals surface area (Å²) in [5.41, 5.74) is 2.21. The normalized spacial score (nSPS) is 23.6. The van der Waals surface area contributed by atoms with Crippen LogP contribution in [0.1, 0.15) is 37.9 Å². The van der Waals surface area contributed by atoms with Gasteiger partial charge in [0.15, 0.2) is 5.54 Å². The second-order valence-electron chi connectivity index (χ2n) is 6.97. The second kappa shape index (κ2) is 5.36. The lowest BCUT2D eigenvalue weighted by atomic mass is 9.83. The average molecular weight is 325 g/mol. The Labute approximate surface area is 141 Å². The van der Waals surface area contributed by atoms with Crippen molar-refractivity contribution in [3.8, 4) is 0 Å². The Morgan fingerprint density at radius 3 is 2.83 bits per heavy atom. The molecule has 2 aliphatic rings. The molecule has 0 saturated carbocycles. The van der Waals surface area contributed by atoms with Crippen LogP contribution in [0, 0.1) is 0 Å². The molecule has 0 unspecified atom stereocenters. The van der Waals surface area contributed by atoms with Crippen LogP contribution in [0.4, 0.5) is 0 Å². The fourth-order valence-corrected chi connectivity index (χ4v) is 4.21. The highest BCUT2D eigenvalue weighted by Gasteiger charge is 2.53. The summed E-state index contributed by atoms with van der Waals surface area (Å²) in [6, 6.07) is 8.14. The number of aromatic amines is 1. The molecule has 24 heavy (non-hydrogen) atoms. The minimum Gasteiger partial charge on any atom is -0.356 e. The largest absolute Gasteiger partial charge is 0.356 e. The number of unbranched alkanes of at least 4 members (excludes halogenated alkanes) is 1. The number of amides is 2. The molecule has 1 aromatic heterocycles. The van der Waals surface area contributed by atoms with Crippen molar-refractivity contribution in [2.75, 3.05) is 19.6 Å². The van der Waals surface area contributed by atoms with Crippen LogP contribution in [0.25, 0.3) is 10.9 Å². The van der Waals surface area contributed by atoms with Crippen LogP contribution in [-0.4, -0.2) is 46.2 Å². The maximum atomic E-state index is 13.3. The summed E-state index contributed by atoms with van der Waals surface area (Å²) >= 11 is 0. The molecule has 0 bridgehead atoms. The van der Waals surface area contributed by atoms with E-state index in [-0.39, 0.29) is 18.4 Å². The zero-order valence-corrected chi connectivity index (χ0v) is 14.3. The summed E-state index contributed by atoms with van der Waals surface area (Å²) in [7, 11) is 0. The Balaban J connectivity index is 1.85. The van der Waals surface area contributed by atoms with E-state index < -0.39 is 5.54 Å². The number of nitrogens with one attached hydrogen (secondary N) is 1. The highest BCUT2D eigenvalue weighted by Crippen LogP contribution is 2.41. The first-order valence-electron chi connectivity index (χ1n) is 8.77. The lowest BCUT2D eigenvalue weighted by molar-refractivity contribution is -0.166. The van der Waals surface area contributed by atoms with E-state index in [0.717, 1.165) is 30.5 Å². The number of fused-ring (bicyclic) bond motifs is 5. The van der Waals surface area contributed by atoms with Crippen molar-refractivity contribution in [2.24, 2.45) is 0 Å². The Morgan fingerprint density at radius 1 is 1.25 bits per heavy atom. The van der Waals surface area contributed by atoms with Crippen LogP contribution in [0.15, 0.2) is 24.3 Å². The summed E-state index contributed by atoms with van der Waals surface area (Å²) < 4.78 is 0. The second-order valence-corrected chi connectivity index (χ2v) is 6.97. The van der Waals surface area contributed by atoms with Crippen LogP contribution < -0.4 is 0 Å². The predicted molar refractivity (Wildman–Crippen MR) is 92.6 cm³/mol. The molecule has 1 N–H and O–H groups in total. The number of piperazine rings is 1. The zero-order valence-electron chi connectivity index (χ0n) is 14.3. The molecule has 5 heteroatoms. The molecule has 1 saturated heterocycles. The Kier molecular flexibility index (Phi) is 3.41. The highest BCUT2D eigenvalue weighted by molar-refractivity contribution is 6.00. The fourth-order valence-electron chi connectivity index (χ4n) is 4.21. The molecule has 0 spiro atoms. The minimum atomic E-state index is -0.907. The van der Waals surface area contributed by atoms with Crippen molar-refractivity contribution in [3.63, 3.8) is 0 Å². The van der Waals surface area contributed by atoms with Crippen LogP contribution >= 0.6 is 0 Å². The van der Waals surface area contributed by atoms with Crippen molar-refractivity contribution >= 4 is 22.7 Å². The molecule has 2 aromatic rings. The number of para-hydroxylation sites is 1. The predicted octanol–water partition coefficient (Wildman–Crippen LogP) is 2.41. The lowest BCUT2D eigenvalue weighted by Gasteiger charge is -2.49. The number of H-pyrrole nitrogens is 1. The Hall–Kier alpha value is -2.30. The molecule has 126 valence electrons. The van der Waals surface area contributed by atoms with E-state index in [1.54, 1.807) is 9.80 Å². The van der Waals surface area contributed by atoms with Gasteiger partial charge in [-0.1, -0.05) is 31.5 Å². The number of carbonyl (C=O) groups excluding carboxylic acids is 2. The van der Waals surface area contributed by atoms with Crippen molar-refractivity contribution in [1.29, 1.82) is 0 Å². The maximum Gasteiger partial charge on any atom is 0.254 e. The first-order valence-corrected chi connectivity index (χ1v) is 8.77. The topological polar surface area (TPSA) is 56.4 Å². The Bertz CT molecular complexity index is 825. The van der Waals surface area contributed by atoms with Gasteiger partial charge in [-0.2, -0.15) is 0 Å². The highest BCUT2D eigenvalue weighted by atomic mass is 16.2. The number of carbonyl (C=O) groups is 2. The number of hydrogen-bond acceptors (Lipinski definition) is 2. The quantitative estimate of drug-likeness (QED) is 0.942. The van der Waals surface area contributed by atoms with Crippen molar-refractivity contribution in [3.05, 3.63) is 35.5 Å². The molecule has 0 aliphatic carbocycles. The summed E-state index contributed by atoms with van der Waals surface area (Å²) in [5, 5.41) is 1.17. The molecule has 2 aliphatic heterocycles. The van der Waals surface area contributed by atoms with E-state index in [1.807, 2.05) is 25.1 Å². The van der Waals surface area contributed by atoms with E-state index in [9.17, 15) is 9.59 Å². The van der Waals surface area contributed by atoms with Crippen LogP contribution in [0.5, 0.6) is 0 Å². The zero-order chi connectivity index (χ0) is 16.9. The van der Waals surface area contributed by atoms with E-state index in [2.05, 4.69) is 18.0 Å². The van der Waals surface area contributed by atoms with Crippen LogP contribution in [-0.2, 0) is 21.5 Å². The molecular formula is C19H23N3O2. The maximum absolute atomic E-state index is 13.3. The number of nitrogens with zero attached hydrogens (tertiary/aromatic N) is 2. The number of benzene rings is 1. The van der Waals surface area contributed by atoms with Gasteiger partial charge in [0.2, 0.25) is 5.91 Å². The SMILES string of the molecule is CCCCN1CC(=O)N2CCc3c([nH]c4ccccc34)[C@@]2(C)C1=O. The summed E-state index contributed by atoms with van der Waals surface area (Å²) in [6.07, 6.45) is 2.73. The molecule has 1 atom stereocenters. The molecule has 1 aromatic carbocycles. The molecule has 2 amide bonds. The van der Waals surface area contributed by atoms with Gasteiger partial charge in [0.25, 0.3) is 5.91 Å². The summed E-state index contributed by atoms with van der Waals surface area (Å²) in [6.45, 7) is 5.47. The van der Waals surface area contributed by atoms with E-state index >= 15 is 0 Å². The van der Waals surface area contributed by atoms with Crippen molar-refractivity contribution in [2.45, 2.75) is 38.6 Å². The third-order valence-electron chi connectivity index (χ3n) is 5.54. The molecule has 0 radical (unpaired) electrons. The average Bonchev–Trinajstić information content (AvgIpc) is 2.97. The summed E-state index contributed by atoms with van der Waals surface area (Å²) in [4.78, 5) is 32.9. The van der Waals surface area contributed by atoms with Gasteiger partial charge in [-0.25, -0.2) is 0 Å². The van der Waals surface area contributed by atoms with E-state index in [0.29, 0.717) is 13.1 Å².